The van der Waals surface area contributed by atoms with E-state index in [9.17, 15) is 13.2 Å². The zero-order valence-electron chi connectivity index (χ0n) is 6.31. The second-order valence-electron chi connectivity index (χ2n) is 2.53. The van der Waals surface area contributed by atoms with Gasteiger partial charge in [0, 0.05) is 5.56 Å². The summed E-state index contributed by atoms with van der Waals surface area (Å²) in [7, 11) is 0. The summed E-state index contributed by atoms with van der Waals surface area (Å²) in [4.78, 5) is 0. The molecule has 1 heterocycles. The second kappa shape index (κ2) is 2.48. The van der Waals surface area contributed by atoms with Crippen LogP contribution < -0.4 is 5.43 Å². The number of halogens is 3. The number of nitrogens with zero attached hydrogens (tertiary/aromatic N) is 1. The van der Waals surface area contributed by atoms with Gasteiger partial charge in [-0.1, -0.05) is 12.1 Å². The lowest BCUT2D eigenvalue weighted by atomic mass is 10.1. The predicted octanol–water partition coefficient (Wildman–Crippen LogP) is 1.77. The summed E-state index contributed by atoms with van der Waals surface area (Å²) in [5, 5.41) is 3.48. The Bertz CT molecular complexity index is 368. The van der Waals surface area contributed by atoms with Gasteiger partial charge in [0.05, 0.1) is 5.56 Å². The van der Waals surface area contributed by atoms with Crippen LogP contribution in [0.3, 0.4) is 0 Å². The van der Waals surface area contributed by atoms with Crippen LogP contribution in [0, 0.1) is 6.07 Å². The van der Waals surface area contributed by atoms with Crippen molar-refractivity contribution in [2.75, 3.05) is 0 Å². The molecule has 1 aromatic carbocycles. The minimum atomic E-state index is -4.35. The van der Waals surface area contributed by atoms with Gasteiger partial charge in [-0.05, 0) is 12.1 Å². The molecule has 1 aromatic rings. The Morgan fingerprint density at radius 3 is 2.62 bits per heavy atom. The van der Waals surface area contributed by atoms with Crippen LogP contribution in [-0.4, -0.2) is 5.84 Å². The first-order chi connectivity index (χ1) is 6.09. The van der Waals surface area contributed by atoms with Crippen LogP contribution in [0.25, 0.3) is 0 Å². The van der Waals surface area contributed by atoms with E-state index in [0.29, 0.717) is 0 Å². The van der Waals surface area contributed by atoms with Crippen molar-refractivity contribution in [2.24, 2.45) is 5.10 Å². The average Bonchev–Trinajstić information content (AvgIpc) is 2.85. The summed E-state index contributed by atoms with van der Waals surface area (Å²) in [6.45, 7) is 0. The van der Waals surface area contributed by atoms with E-state index in [-0.39, 0.29) is 11.4 Å². The van der Waals surface area contributed by atoms with Gasteiger partial charge in [0.25, 0.3) is 0 Å². The number of hydrazone groups is 1. The molecule has 1 radical (unpaired) electrons. The van der Waals surface area contributed by atoms with Gasteiger partial charge in [0.15, 0.2) is 5.84 Å². The number of alkyl halides is 3. The maximum absolute atomic E-state index is 12.3. The van der Waals surface area contributed by atoms with Gasteiger partial charge in [-0.2, -0.15) is 18.3 Å². The smallest absolute Gasteiger partial charge is 0.257 e. The van der Waals surface area contributed by atoms with E-state index in [1.54, 1.807) is 0 Å². The van der Waals surface area contributed by atoms with E-state index in [0.717, 1.165) is 6.07 Å². The fourth-order valence-corrected chi connectivity index (χ4v) is 1.01. The number of hydrogen-bond donors (Lipinski definition) is 1. The van der Waals surface area contributed by atoms with Gasteiger partial charge in [-0.3, -0.25) is 5.43 Å². The van der Waals surface area contributed by atoms with Crippen molar-refractivity contribution in [3.8, 4) is 0 Å². The normalized spacial score (nSPS) is 14.8. The molecular weight excluding hydrogens is 181 g/mol. The maximum atomic E-state index is 12.3. The molecule has 1 aliphatic rings. The molecule has 0 aromatic heterocycles. The lowest BCUT2D eigenvalue weighted by molar-refractivity contribution is -0.137. The Morgan fingerprint density at radius 2 is 2.08 bits per heavy atom. The fraction of sp³-hybridized carbons (Fsp3) is 0.125. The van der Waals surface area contributed by atoms with E-state index in [1.807, 2.05) is 0 Å². The first kappa shape index (κ1) is 8.10. The number of rotatable bonds is 1. The van der Waals surface area contributed by atoms with E-state index >= 15 is 0 Å². The third-order valence-electron chi connectivity index (χ3n) is 1.62. The fourth-order valence-electron chi connectivity index (χ4n) is 1.01. The van der Waals surface area contributed by atoms with Crippen LogP contribution in [0.4, 0.5) is 13.2 Å². The summed E-state index contributed by atoms with van der Waals surface area (Å²) < 4.78 is 37.0. The molecule has 0 saturated carbocycles. The molecule has 0 amide bonds. The van der Waals surface area contributed by atoms with Crippen LogP contribution in [0.5, 0.6) is 0 Å². The van der Waals surface area contributed by atoms with Crippen LogP contribution in [0.15, 0.2) is 23.3 Å². The number of amidine groups is 1. The van der Waals surface area contributed by atoms with Gasteiger partial charge < -0.3 is 0 Å². The van der Waals surface area contributed by atoms with Crippen molar-refractivity contribution in [1.82, 2.24) is 5.43 Å². The summed E-state index contributed by atoms with van der Waals surface area (Å²) in [5.74, 6) is 0.243. The van der Waals surface area contributed by atoms with E-state index < -0.39 is 11.7 Å². The highest BCUT2D eigenvalue weighted by Gasteiger charge is 2.35. The Hall–Kier alpha value is -1.52. The quantitative estimate of drug-likeness (QED) is 0.710. The predicted molar refractivity (Wildman–Crippen MR) is 40.0 cm³/mol. The maximum Gasteiger partial charge on any atom is 0.417 e. The lowest BCUT2D eigenvalue weighted by Crippen LogP contribution is -2.11. The molecule has 1 N–H and O–H groups in total. The summed E-state index contributed by atoms with van der Waals surface area (Å²) in [6, 6.07) is 6.23. The molecule has 0 unspecified atom stereocenters. The standard InChI is InChI=1S/C8H4F3N2/c9-8(10,11)6-4-2-1-3-5(6)7-12-13-7/h1-2,4H,(H,12,13). The monoisotopic (exact) mass is 185 g/mol. The highest BCUT2D eigenvalue weighted by atomic mass is 19.4. The molecule has 5 heteroatoms. The van der Waals surface area contributed by atoms with Gasteiger partial charge >= 0.3 is 6.18 Å². The largest absolute Gasteiger partial charge is 0.417 e. The van der Waals surface area contributed by atoms with Crippen molar-refractivity contribution in [3.63, 3.8) is 0 Å². The average molecular weight is 185 g/mol. The van der Waals surface area contributed by atoms with Gasteiger partial charge in [0.1, 0.15) is 0 Å². The highest BCUT2D eigenvalue weighted by Crippen LogP contribution is 2.32. The number of hydrogen-bond acceptors (Lipinski definition) is 2. The Balaban J connectivity index is 2.49. The van der Waals surface area contributed by atoms with Crippen molar-refractivity contribution < 1.29 is 13.2 Å². The number of benzene rings is 1. The van der Waals surface area contributed by atoms with E-state index in [4.69, 9.17) is 0 Å². The number of nitrogens with one attached hydrogen (secondary N) is 1. The summed E-state index contributed by atoms with van der Waals surface area (Å²) in [5.41, 5.74) is 1.65. The van der Waals surface area contributed by atoms with Crippen LogP contribution in [-0.2, 0) is 6.18 Å². The molecule has 1 aliphatic heterocycles. The Labute approximate surface area is 72.1 Å². The second-order valence-corrected chi connectivity index (χ2v) is 2.53. The molecule has 0 saturated heterocycles. The minimum Gasteiger partial charge on any atom is -0.257 e. The SMILES string of the molecule is FC(F)(F)c1ccc[c]c1C1=NN1. The van der Waals surface area contributed by atoms with Crippen LogP contribution in [0.1, 0.15) is 11.1 Å². The van der Waals surface area contributed by atoms with Crippen molar-refractivity contribution in [3.05, 3.63) is 35.4 Å². The molecular formula is C8H4F3N2. The van der Waals surface area contributed by atoms with Gasteiger partial charge in [-0.25, -0.2) is 0 Å². The third kappa shape index (κ3) is 1.49. The first-order valence-electron chi connectivity index (χ1n) is 3.51. The molecule has 0 spiro atoms. The van der Waals surface area contributed by atoms with Crippen molar-refractivity contribution in [2.45, 2.75) is 6.18 Å². The molecule has 2 nitrogen and oxygen atoms in total. The van der Waals surface area contributed by atoms with Crippen LogP contribution >= 0.6 is 0 Å². The van der Waals surface area contributed by atoms with E-state index in [2.05, 4.69) is 16.6 Å². The van der Waals surface area contributed by atoms with Crippen molar-refractivity contribution in [1.29, 1.82) is 0 Å². The Kier molecular flexibility index (Phi) is 1.55. The molecule has 0 aliphatic carbocycles. The molecule has 2 rings (SSSR count). The zero-order chi connectivity index (χ0) is 9.47. The lowest BCUT2D eigenvalue weighted by Gasteiger charge is -2.08. The molecule has 67 valence electrons. The first-order valence-corrected chi connectivity index (χ1v) is 3.51. The minimum absolute atomic E-state index is 0.0185. The van der Waals surface area contributed by atoms with Crippen molar-refractivity contribution >= 4 is 5.84 Å². The summed E-state index contributed by atoms with van der Waals surface area (Å²) in [6.07, 6.45) is -4.35. The van der Waals surface area contributed by atoms with Crippen LogP contribution in [0.2, 0.25) is 0 Å². The topological polar surface area (TPSA) is 34.3 Å². The summed E-state index contributed by atoms with van der Waals surface area (Å²) >= 11 is 0. The van der Waals surface area contributed by atoms with E-state index in [1.165, 1.54) is 12.1 Å². The zero-order valence-corrected chi connectivity index (χ0v) is 6.31. The molecule has 13 heavy (non-hydrogen) atoms. The third-order valence-corrected chi connectivity index (χ3v) is 1.62. The Morgan fingerprint density at radius 1 is 1.38 bits per heavy atom. The van der Waals surface area contributed by atoms with Gasteiger partial charge in [-0.15, -0.1) is 0 Å². The highest BCUT2D eigenvalue weighted by molar-refractivity contribution is 6.06. The molecule has 0 atom stereocenters. The van der Waals surface area contributed by atoms with Gasteiger partial charge in [0.2, 0.25) is 0 Å². The molecule has 0 bridgehead atoms. The molecule has 0 fully saturated rings.